The molecule has 0 radical (unpaired) electrons. The van der Waals surface area contributed by atoms with Crippen LogP contribution in [-0.2, 0) is 6.54 Å². The van der Waals surface area contributed by atoms with Crippen molar-refractivity contribution in [1.82, 2.24) is 20.4 Å². The first-order valence-electron chi connectivity index (χ1n) is 6.95. The molecule has 1 aromatic heterocycles. The van der Waals surface area contributed by atoms with Crippen LogP contribution in [0.2, 0.25) is 0 Å². The zero-order chi connectivity index (χ0) is 12.6. The molecule has 1 unspecified atom stereocenters. The summed E-state index contributed by atoms with van der Waals surface area (Å²) in [6.45, 7) is 7.08. The van der Waals surface area contributed by atoms with Gasteiger partial charge in [0.15, 0.2) is 5.82 Å². The summed E-state index contributed by atoms with van der Waals surface area (Å²) in [6.07, 6.45) is 5.32. The van der Waals surface area contributed by atoms with Gasteiger partial charge in [-0.15, -0.1) is 0 Å². The summed E-state index contributed by atoms with van der Waals surface area (Å²) in [5.74, 6) is 1.47. The number of nitrogens with zero attached hydrogens (tertiary/aromatic N) is 3. The Balaban J connectivity index is 1.69. The van der Waals surface area contributed by atoms with E-state index in [-0.39, 0.29) is 0 Å². The number of hydrogen-bond acceptors (Lipinski definition) is 5. The number of aryl methyl sites for hydroxylation is 1. The normalized spacial score (nSPS) is 28.0. The lowest BCUT2D eigenvalue weighted by atomic mass is 9.92. The van der Waals surface area contributed by atoms with Gasteiger partial charge in [0, 0.05) is 24.7 Å². The van der Waals surface area contributed by atoms with Crippen LogP contribution in [0.5, 0.6) is 0 Å². The average Bonchev–Trinajstić information content (AvgIpc) is 2.95. The second kappa shape index (κ2) is 4.63. The smallest absolute Gasteiger partial charge is 0.240 e. The first-order valence-corrected chi connectivity index (χ1v) is 6.95. The molecule has 2 aliphatic rings. The maximum Gasteiger partial charge on any atom is 0.240 e. The van der Waals surface area contributed by atoms with Gasteiger partial charge in [0.25, 0.3) is 0 Å². The van der Waals surface area contributed by atoms with Crippen molar-refractivity contribution in [3.63, 3.8) is 0 Å². The van der Waals surface area contributed by atoms with E-state index in [2.05, 4.69) is 27.3 Å². The van der Waals surface area contributed by atoms with Crippen molar-refractivity contribution in [3.8, 4) is 0 Å². The minimum Gasteiger partial charge on any atom is -0.338 e. The molecule has 3 rings (SSSR count). The summed E-state index contributed by atoms with van der Waals surface area (Å²) >= 11 is 0. The van der Waals surface area contributed by atoms with Crippen LogP contribution in [0.4, 0.5) is 0 Å². The van der Waals surface area contributed by atoms with Crippen molar-refractivity contribution in [2.75, 3.05) is 13.1 Å². The maximum atomic E-state index is 5.24. The van der Waals surface area contributed by atoms with Crippen LogP contribution < -0.4 is 5.32 Å². The number of piperazine rings is 1. The van der Waals surface area contributed by atoms with E-state index in [0.717, 1.165) is 31.3 Å². The number of aromatic nitrogens is 2. The molecule has 1 N–H and O–H groups in total. The van der Waals surface area contributed by atoms with Gasteiger partial charge in [-0.1, -0.05) is 18.0 Å². The molecule has 1 saturated heterocycles. The van der Waals surface area contributed by atoms with Crippen molar-refractivity contribution < 1.29 is 4.52 Å². The molecule has 5 heteroatoms. The lowest BCUT2D eigenvalue weighted by molar-refractivity contribution is 0.0730. The highest BCUT2D eigenvalue weighted by Crippen LogP contribution is 2.33. The van der Waals surface area contributed by atoms with Crippen molar-refractivity contribution in [2.45, 2.75) is 57.7 Å². The Morgan fingerprint density at radius 3 is 2.89 bits per heavy atom. The monoisotopic (exact) mass is 250 g/mol. The Bertz CT molecular complexity index is 411. The maximum absolute atomic E-state index is 5.24. The zero-order valence-corrected chi connectivity index (χ0v) is 11.3. The van der Waals surface area contributed by atoms with Crippen LogP contribution in [0.1, 0.15) is 44.3 Å². The lowest BCUT2D eigenvalue weighted by Crippen LogP contribution is -2.62. The Kier molecular flexibility index (Phi) is 3.11. The van der Waals surface area contributed by atoms with E-state index in [9.17, 15) is 0 Å². The summed E-state index contributed by atoms with van der Waals surface area (Å²) in [5.41, 5.74) is 0.349. The van der Waals surface area contributed by atoms with Crippen molar-refractivity contribution in [3.05, 3.63) is 11.7 Å². The molecule has 5 nitrogen and oxygen atoms in total. The molecule has 1 aromatic rings. The lowest BCUT2D eigenvalue weighted by Gasteiger charge is -2.44. The fraction of sp³-hybridized carbons (Fsp3) is 0.846. The molecule has 0 bridgehead atoms. The predicted octanol–water partition coefficient (Wildman–Crippen LogP) is 1.48. The van der Waals surface area contributed by atoms with E-state index in [4.69, 9.17) is 4.52 Å². The van der Waals surface area contributed by atoms with Gasteiger partial charge >= 0.3 is 0 Å². The first-order chi connectivity index (χ1) is 8.67. The SMILES string of the molecule is Cc1noc(CN2CC3(CCCC3)NCC2C)n1. The molecule has 2 fully saturated rings. The van der Waals surface area contributed by atoms with Gasteiger partial charge < -0.3 is 9.84 Å². The van der Waals surface area contributed by atoms with E-state index in [0.29, 0.717) is 11.6 Å². The number of nitrogens with one attached hydrogen (secondary N) is 1. The highest BCUT2D eigenvalue weighted by molar-refractivity contribution is 5.01. The van der Waals surface area contributed by atoms with E-state index in [1.807, 2.05) is 6.92 Å². The molecule has 18 heavy (non-hydrogen) atoms. The third-order valence-corrected chi connectivity index (χ3v) is 4.37. The predicted molar refractivity (Wildman–Crippen MR) is 68.1 cm³/mol. The molecule has 2 heterocycles. The Hall–Kier alpha value is -0.940. The first kappa shape index (κ1) is 12.1. The van der Waals surface area contributed by atoms with Crippen LogP contribution in [0, 0.1) is 6.92 Å². The topological polar surface area (TPSA) is 54.2 Å². The van der Waals surface area contributed by atoms with Gasteiger partial charge in [-0.25, -0.2) is 0 Å². The highest BCUT2D eigenvalue weighted by Gasteiger charge is 2.40. The van der Waals surface area contributed by atoms with Crippen LogP contribution in [0.3, 0.4) is 0 Å². The fourth-order valence-electron chi connectivity index (χ4n) is 3.27. The van der Waals surface area contributed by atoms with Crippen molar-refractivity contribution in [1.29, 1.82) is 0 Å². The summed E-state index contributed by atoms with van der Waals surface area (Å²) in [4.78, 5) is 6.80. The van der Waals surface area contributed by atoms with Gasteiger partial charge in [-0.2, -0.15) is 4.98 Å². The zero-order valence-electron chi connectivity index (χ0n) is 11.3. The minimum absolute atomic E-state index is 0.349. The molecule has 1 atom stereocenters. The summed E-state index contributed by atoms with van der Waals surface area (Å²) in [6, 6.07) is 0.531. The quantitative estimate of drug-likeness (QED) is 0.861. The van der Waals surface area contributed by atoms with Gasteiger partial charge in [0.1, 0.15) is 0 Å². The van der Waals surface area contributed by atoms with E-state index in [1.54, 1.807) is 0 Å². The summed E-state index contributed by atoms with van der Waals surface area (Å²) in [7, 11) is 0. The minimum atomic E-state index is 0.349. The highest BCUT2D eigenvalue weighted by atomic mass is 16.5. The molecular weight excluding hydrogens is 228 g/mol. The molecule has 1 spiro atoms. The number of rotatable bonds is 2. The van der Waals surface area contributed by atoms with Crippen molar-refractivity contribution >= 4 is 0 Å². The van der Waals surface area contributed by atoms with Crippen LogP contribution in [0.15, 0.2) is 4.52 Å². The third-order valence-electron chi connectivity index (χ3n) is 4.37. The summed E-state index contributed by atoms with van der Waals surface area (Å²) in [5, 5.41) is 7.62. The average molecular weight is 250 g/mol. The molecular formula is C13H22N4O. The van der Waals surface area contributed by atoms with E-state index in [1.165, 1.54) is 25.7 Å². The Morgan fingerprint density at radius 2 is 2.22 bits per heavy atom. The molecule has 0 amide bonds. The second-order valence-electron chi connectivity index (χ2n) is 5.86. The molecule has 1 saturated carbocycles. The van der Waals surface area contributed by atoms with Crippen molar-refractivity contribution in [2.24, 2.45) is 0 Å². The largest absolute Gasteiger partial charge is 0.338 e. The molecule has 1 aliphatic heterocycles. The fourth-order valence-corrected chi connectivity index (χ4v) is 3.27. The molecule has 100 valence electrons. The standard InChI is InChI=1S/C13H22N4O/c1-10-7-14-13(5-3-4-6-13)9-17(10)8-12-15-11(2)16-18-12/h10,14H,3-9H2,1-2H3. The van der Waals surface area contributed by atoms with E-state index < -0.39 is 0 Å². The second-order valence-corrected chi connectivity index (χ2v) is 5.86. The molecule has 0 aromatic carbocycles. The van der Waals surface area contributed by atoms with Gasteiger partial charge in [0.2, 0.25) is 5.89 Å². The molecule has 1 aliphatic carbocycles. The van der Waals surface area contributed by atoms with Crippen LogP contribution >= 0.6 is 0 Å². The third kappa shape index (κ3) is 2.29. The number of hydrogen-bond donors (Lipinski definition) is 1. The van der Waals surface area contributed by atoms with Crippen LogP contribution in [0.25, 0.3) is 0 Å². The van der Waals surface area contributed by atoms with E-state index >= 15 is 0 Å². The Labute approximate surface area is 108 Å². The van der Waals surface area contributed by atoms with Crippen LogP contribution in [-0.4, -0.2) is 39.7 Å². The van der Waals surface area contributed by atoms with Gasteiger partial charge in [0.05, 0.1) is 6.54 Å². The Morgan fingerprint density at radius 1 is 1.44 bits per heavy atom. The van der Waals surface area contributed by atoms with Gasteiger partial charge in [-0.05, 0) is 26.7 Å². The van der Waals surface area contributed by atoms with Gasteiger partial charge in [-0.3, -0.25) is 4.90 Å². The summed E-state index contributed by atoms with van der Waals surface area (Å²) < 4.78 is 5.24.